The second kappa shape index (κ2) is 18.1. The maximum atomic E-state index is 11.5. The molecule has 10 heteroatoms. The zero-order valence-corrected chi connectivity index (χ0v) is 33.8. The number of aromatic nitrogens is 3. The van der Waals surface area contributed by atoms with E-state index in [1.54, 1.807) is 30.3 Å². The SMILES string of the molecule is N#Cc1cc(Oc2ccccc2-c2ccccc2)nc(-c2ccc(-c3ccccc3Oc3cc(-c4ccc(-c5ccccc5Oc5cc(C(=O)O)ccn5)cc4)cc(C#N)n3)cc2)c1. The molecule has 9 rings (SSSR count). The second-order valence-corrected chi connectivity index (χ2v) is 14.4. The summed E-state index contributed by atoms with van der Waals surface area (Å²) in [4.78, 5) is 25.0. The van der Waals surface area contributed by atoms with Crippen LogP contribution in [0.25, 0.3) is 55.8 Å². The van der Waals surface area contributed by atoms with Crippen molar-refractivity contribution in [2.75, 3.05) is 0 Å². The molecule has 64 heavy (non-hydrogen) atoms. The van der Waals surface area contributed by atoms with Gasteiger partial charge in [-0.3, -0.25) is 0 Å². The molecule has 9 aromatic rings. The lowest BCUT2D eigenvalue weighted by Gasteiger charge is -2.14. The zero-order valence-electron chi connectivity index (χ0n) is 33.8. The quantitative estimate of drug-likeness (QED) is 0.126. The summed E-state index contributed by atoms with van der Waals surface area (Å²) in [5.41, 5.74) is 8.82. The molecular formula is C54H33N5O5. The normalized spacial score (nSPS) is 10.6. The zero-order chi connectivity index (χ0) is 43.8. The lowest BCUT2D eigenvalue weighted by atomic mass is 9.99. The lowest BCUT2D eigenvalue weighted by molar-refractivity contribution is 0.0696. The van der Waals surface area contributed by atoms with E-state index >= 15 is 0 Å². The van der Waals surface area contributed by atoms with Crippen molar-refractivity contribution in [1.82, 2.24) is 15.0 Å². The molecule has 3 aromatic heterocycles. The molecular weight excluding hydrogens is 799 g/mol. The number of nitriles is 2. The first-order valence-corrected chi connectivity index (χ1v) is 20.0. The summed E-state index contributed by atoms with van der Waals surface area (Å²) >= 11 is 0. The number of rotatable bonds is 12. The third-order valence-electron chi connectivity index (χ3n) is 10.2. The van der Waals surface area contributed by atoms with Gasteiger partial charge in [0.05, 0.1) is 22.9 Å². The highest BCUT2D eigenvalue weighted by atomic mass is 16.5. The van der Waals surface area contributed by atoms with Crippen molar-refractivity contribution < 1.29 is 24.1 Å². The summed E-state index contributed by atoms with van der Waals surface area (Å²) in [5.74, 6) is 1.32. The Morgan fingerprint density at radius 1 is 0.453 bits per heavy atom. The van der Waals surface area contributed by atoms with E-state index in [1.165, 1.54) is 18.3 Å². The maximum Gasteiger partial charge on any atom is 0.335 e. The van der Waals surface area contributed by atoms with E-state index in [0.717, 1.165) is 50.1 Å². The molecule has 10 nitrogen and oxygen atoms in total. The molecule has 0 bridgehead atoms. The molecule has 0 fully saturated rings. The number of para-hydroxylation sites is 3. The van der Waals surface area contributed by atoms with Gasteiger partial charge in [-0.25, -0.2) is 19.7 Å². The first-order chi connectivity index (χ1) is 31.4. The summed E-state index contributed by atoms with van der Waals surface area (Å²) in [5, 5.41) is 29.3. The van der Waals surface area contributed by atoms with E-state index in [0.29, 0.717) is 34.4 Å². The molecule has 0 saturated carbocycles. The van der Waals surface area contributed by atoms with Crippen molar-refractivity contribution in [3.05, 3.63) is 211 Å². The molecule has 0 unspecified atom stereocenters. The van der Waals surface area contributed by atoms with Gasteiger partial charge in [-0.05, 0) is 64.2 Å². The van der Waals surface area contributed by atoms with Gasteiger partial charge in [0.1, 0.15) is 29.0 Å². The standard InChI is InChI=1S/C54H33N5O5/c55-33-35-28-47(59-52(29-35)63-49-16-8-4-12-44(49)37-10-2-1-3-11-37)40-24-22-39(23-25-40)46-14-6-9-17-50(46)64-53-32-42(30-43(34-56)58-53)36-18-20-38(21-19-36)45-13-5-7-15-48(45)62-51-31-41(54(60)61)26-27-57-51/h1-32H,(H,60,61). The van der Waals surface area contributed by atoms with E-state index < -0.39 is 5.97 Å². The Bertz CT molecular complexity index is 3250. The van der Waals surface area contributed by atoms with Crippen LogP contribution in [-0.2, 0) is 0 Å². The van der Waals surface area contributed by atoms with Crippen molar-refractivity contribution >= 4 is 5.97 Å². The molecule has 0 saturated heterocycles. The molecule has 0 aliphatic carbocycles. The molecule has 1 N–H and O–H groups in total. The maximum absolute atomic E-state index is 11.5. The van der Waals surface area contributed by atoms with Gasteiger partial charge in [-0.2, -0.15) is 10.5 Å². The predicted molar refractivity (Wildman–Crippen MR) is 243 cm³/mol. The Morgan fingerprint density at radius 2 is 0.953 bits per heavy atom. The number of carboxylic acid groups (broad SMARTS) is 1. The molecule has 304 valence electrons. The van der Waals surface area contributed by atoms with Crippen molar-refractivity contribution in [3.63, 3.8) is 0 Å². The predicted octanol–water partition coefficient (Wildman–Crippen LogP) is 13.0. The fraction of sp³-hybridized carbons (Fsp3) is 0. The van der Waals surface area contributed by atoms with Crippen LogP contribution in [0.3, 0.4) is 0 Å². The van der Waals surface area contributed by atoms with Crippen molar-refractivity contribution in [1.29, 1.82) is 10.5 Å². The van der Waals surface area contributed by atoms with Gasteiger partial charge in [-0.1, -0.05) is 133 Å². The van der Waals surface area contributed by atoms with E-state index in [2.05, 4.69) is 22.1 Å². The summed E-state index contributed by atoms with van der Waals surface area (Å²) in [6, 6.07) is 62.3. The van der Waals surface area contributed by atoms with Crippen LogP contribution >= 0.6 is 0 Å². The van der Waals surface area contributed by atoms with Crippen LogP contribution in [0.1, 0.15) is 21.6 Å². The van der Waals surface area contributed by atoms with Gasteiger partial charge >= 0.3 is 5.97 Å². The average molecular weight is 832 g/mol. The minimum Gasteiger partial charge on any atom is -0.478 e. The number of benzene rings is 6. The minimum atomic E-state index is -1.07. The van der Waals surface area contributed by atoms with E-state index in [1.807, 2.05) is 146 Å². The number of hydrogen-bond acceptors (Lipinski definition) is 9. The Morgan fingerprint density at radius 3 is 1.52 bits per heavy atom. The van der Waals surface area contributed by atoms with Crippen molar-refractivity contribution in [2.45, 2.75) is 0 Å². The topological polar surface area (TPSA) is 151 Å². The first-order valence-electron chi connectivity index (χ1n) is 20.0. The highest BCUT2D eigenvalue weighted by molar-refractivity contribution is 5.88. The Balaban J connectivity index is 0.951. The summed E-state index contributed by atoms with van der Waals surface area (Å²) in [7, 11) is 0. The number of ether oxygens (including phenoxy) is 3. The molecule has 6 aromatic carbocycles. The number of carbonyl (C=O) groups is 1. The van der Waals surface area contributed by atoms with E-state index in [-0.39, 0.29) is 23.0 Å². The first kappa shape index (κ1) is 40.0. The molecule has 0 spiro atoms. The van der Waals surface area contributed by atoms with Crippen molar-refractivity contribution in [2.24, 2.45) is 0 Å². The Labute approximate surface area is 368 Å². The molecule has 0 atom stereocenters. The van der Waals surface area contributed by atoms with E-state index in [9.17, 15) is 20.4 Å². The number of carboxylic acids is 1. The van der Waals surface area contributed by atoms with Gasteiger partial charge in [0, 0.05) is 46.6 Å². The summed E-state index contributed by atoms with van der Waals surface area (Å²) in [6.45, 7) is 0. The average Bonchev–Trinajstić information content (AvgIpc) is 3.35. The van der Waals surface area contributed by atoms with Crippen LogP contribution in [-0.4, -0.2) is 26.0 Å². The number of pyridine rings is 3. The Kier molecular flexibility index (Phi) is 11.3. The van der Waals surface area contributed by atoms with Crippen LogP contribution in [0.5, 0.6) is 34.9 Å². The van der Waals surface area contributed by atoms with Crippen LogP contribution in [0.2, 0.25) is 0 Å². The van der Waals surface area contributed by atoms with E-state index in [4.69, 9.17) is 19.2 Å². The van der Waals surface area contributed by atoms with Crippen LogP contribution < -0.4 is 14.2 Å². The smallest absolute Gasteiger partial charge is 0.335 e. The number of hydrogen-bond donors (Lipinski definition) is 1. The third kappa shape index (κ3) is 8.89. The van der Waals surface area contributed by atoms with Crippen LogP contribution in [0, 0.1) is 22.7 Å². The summed E-state index contributed by atoms with van der Waals surface area (Å²) < 4.78 is 18.8. The highest BCUT2D eigenvalue weighted by Gasteiger charge is 2.15. The molecule has 0 aliphatic rings. The van der Waals surface area contributed by atoms with Gasteiger partial charge in [0.2, 0.25) is 17.6 Å². The fourth-order valence-corrected chi connectivity index (χ4v) is 7.15. The second-order valence-electron chi connectivity index (χ2n) is 14.4. The largest absolute Gasteiger partial charge is 0.478 e. The van der Waals surface area contributed by atoms with Gasteiger partial charge < -0.3 is 19.3 Å². The molecule has 0 radical (unpaired) electrons. The van der Waals surface area contributed by atoms with Crippen LogP contribution in [0.15, 0.2) is 194 Å². The highest BCUT2D eigenvalue weighted by Crippen LogP contribution is 2.38. The minimum absolute atomic E-state index is 0.0720. The van der Waals surface area contributed by atoms with Gasteiger partial charge in [0.15, 0.2) is 0 Å². The fourth-order valence-electron chi connectivity index (χ4n) is 7.15. The van der Waals surface area contributed by atoms with Crippen molar-refractivity contribution in [3.8, 4) is 103 Å². The molecule has 0 aliphatic heterocycles. The Hall–Kier alpha value is -9.38. The monoisotopic (exact) mass is 831 g/mol. The molecule has 3 heterocycles. The van der Waals surface area contributed by atoms with Crippen LogP contribution in [0.4, 0.5) is 0 Å². The van der Waals surface area contributed by atoms with Gasteiger partial charge in [-0.15, -0.1) is 0 Å². The number of nitrogens with zero attached hydrogens (tertiary/aromatic N) is 5. The van der Waals surface area contributed by atoms with Gasteiger partial charge in [0.25, 0.3) is 0 Å². The third-order valence-corrected chi connectivity index (χ3v) is 10.2. The lowest BCUT2D eigenvalue weighted by Crippen LogP contribution is -1.98. The summed E-state index contributed by atoms with van der Waals surface area (Å²) in [6.07, 6.45) is 1.39. The molecule has 0 amide bonds. The number of aromatic carboxylic acids is 1.